The lowest BCUT2D eigenvalue weighted by atomic mass is 9.79. The molecule has 0 radical (unpaired) electrons. The van der Waals surface area contributed by atoms with Gasteiger partial charge in [0.2, 0.25) is 0 Å². The van der Waals surface area contributed by atoms with Crippen LogP contribution in [0.25, 0.3) is 10.9 Å². The lowest BCUT2D eigenvalue weighted by Crippen LogP contribution is -2.39. The molecule has 0 atom stereocenters. The van der Waals surface area contributed by atoms with Gasteiger partial charge in [-0.3, -0.25) is 4.79 Å². The number of benzene rings is 1. The van der Waals surface area contributed by atoms with Gasteiger partial charge in [-0.2, -0.15) is 0 Å². The van der Waals surface area contributed by atoms with E-state index in [1.807, 2.05) is 12.1 Å². The number of aryl methyl sites for hydroxylation is 1. The number of carbonyl (C=O) groups excluding carboxylic acids is 1. The fraction of sp³-hybridized carbons (Fsp3) is 0.474. The average molecular weight is 441 g/mol. The predicted molar refractivity (Wildman–Crippen MR) is 101 cm³/mol. The zero-order chi connectivity index (χ0) is 17.3. The number of halogens is 2. The second-order valence-electron chi connectivity index (χ2n) is 6.43. The van der Waals surface area contributed by atoms with Crippen LogP contribution in [0.3, 0.4) is 0 Å². The first kappa shape index (κ1) is 17.7. The number of methoxy groups -OCH3 is 1. The van der Waals surface area contributed by atoms with Gasteiger partial charge in [-0.15, -0.1) is 0 Å². The van der Waals surface area contributed by atoms with Gasteiger partial charge in [0.1, 0.15) is 3.70 Å². The molecular formula is C19H21FINO2. The van der Waals surface area contributed by atoms with E-state index >= 15 is 4.39 Å². The van der Waals surface area contributed by atoms with Crippen molar-refractivity contribution in [3.63, 3.8) is 0 Å². The summed E-state index contributed by atoms with van der Waals surface area (Å²) in [6, 6.07) is 7.34. The summed E-state index contributed by atoms with van der Waals surface area (Å²) in [6.45, 7) is 2.07. The Morgan fingerprint density at radius 1 is 1.38 bits per heavy atom. The van der Waals surface area contributed by atoms with E-state index in [0.717, 1.165) is 26.6 Å². The van der Waals surface area contributed by atoms with Crippen LogP contribution in [0.15, 0.2) is 24.3 Å². The number of hydrogen-bond acceptors (Lipinski definition) is 3. The third-order valence-corrected chi connectivity index (χ3v) is 5.88. The number of alkyl halides is 1. The molecule has 1 fully saturated rings. The Morgan fingerprint density at radius 2 is 2.08 bits per heavy atom. The quantitative estimate of drug-likeness (QED) is 0.386. The van der Waals surface area contributed by atoms with Gasteiger partial charge in [0.25, 0.3) is 0 Å². The maximum atomic E-state index is 15.1. The molecule has 1 heterocycles. The van der Waals surface area contributed by atoms with E-state index < -0.39 is 11.5 Å². The number of pyridine rings is 1. The highest BCUT2D eigenvalue weighted by molar-refractivity contribution is 14.1. The molecule has 5 heteroatoms. The summed E-state index contributed by atoms with van der Waals surface area (Å²) in [7, 11) is 1.64. The van der Waals surface area contributed by atoms with Crippen LogP contribution in [0, 0.1) is 3.70 Å². The van der Waals surface area contributed by atoms with Crippen molar-refractivity contribution in [3.05, 3.63) is 39.1 Å². The van der Waals surface area contributed by atoms with Crippen LogP contribution < -0.4 is 0 Å². The number of ketones is 1. The molecule has 3 rings (SSSR count). The van der Waals surface area contributed by atoms with Gasteiger partial charge in [0.05, 0.1) is 11.6 Å². The van der Waals surface area contributed by atoms with E-state index in [1.165, 1.54) is 0 Å². The van der Waals surface area contributed by atoms with Gasteiger partial charge in [-0.25, -0.2) is 9.37 Å². The van der Waals surface area contributed by atoms with Crippen molar-refractivity contribution < 1.29 is 13.9 Å². The van der Waals surface area contributed by atoms with E-state index in [1.54, 1.807) is 19.2 Å². The summed E-state index contributed by atoms with van der Waals surface area (Å²) in [4.78, 5) is 17.3. The normalized spacial score (nSPS) is 24.2. The number of rotatable bonds is 4. The van der Waals surface area contributed by atoms with Crippen molar-refractivity contribution in [2.45, 2.75) is 50.8 Å². The summed E-state index contributed by atoms with van der Waals surface area (Å²) < 4.78 is 21.4. The van der Waals surface area contributed by atoms with Crippen molar-refractivity contribution >= 4 is 39.3 Å². The van der Waals surface area contributed by atoms with Crippen LogP contribution in [0.2, 0.25) is 0 Å². The van der Waals surface area contributed by atoms with E-state index in [-0.39, 0.29) is 18.9 Å². The van der Waals surface area contributed by atoms with Gasteiger partial charge in [-0.1, -0.05) is 6.92 Å². The van der Waals surface area contributed by atoms with Crippen LogP contribution in [-0.4, -0.2) is 29.6 Å². The molecule has 128 valence electrons. The molecule has 1 aromatic carbocycles. The highest BCUT2D eigenvalue weighted by Crippen LogP contribution is 2.36. The monoisotopic (exact) mass is 441 g/mol. The van der Waals surface area contributed by atoms with Gasteiger partial charge >= 0.3 is 0 Å². The molecule has 1 saturated carbocycles. The van der Waals surface area contributed by atoms with Crippen LogP contribution in [0.5, 0.6) is 0 Å². The molecule has 1 aliphatic rings. The van der Waals surface area contributed by atoms with Crippen LogP contribution in [0.1, 0.15) is 48.5 Å². The first-order valence-corrected chi connectivity index (χ1v) is 9.40. The molecule has 1 aliphatic carbocycles. The van der Waals surface area contributed by atoms with Crippen molar-refractivity contribution in [2.24, 2.45) is 0 Å². The lowest BCUT2D eigenvalue weighted by Gasteiger charge is -2.32. The second kappa shape index (κ2) is 7.04. The molecule has 0 unspecified atom stereocenters. The molecule has 0 N–H and O–H groups in total. The van der Waals surface area contributed by atoms with Crippen molar-refractivity contribution in [1.82, 2.24) is 4.98 Å². The average Bonchev–Trinajstić information content (AvgIpc) is 2.60. The third kappa shape index (κ3) is 3.33. The maximum Gasteiger partial charge on any atom is 0.199 e. The zero-order valence-corrected chi connectivity index (χ0v) is 16.1. The fourth-order valence-electron chi connectivity index (χ4n) is 3.36. The smallest absolute Gasteiger partial charge is 0.199 e. The highest BCUT2D eigenvalue weighted by Gasteiger charge is 2.42. The largest absolute Gasteiger partial charge is 0.381 e. The SMILES string of the molecule is CCc1cc2cc(C(=O)C3(F)CCC(OC)CC3)ccc2nc1I. The number of fused-ring (bicyclic) bond motifs is 1. The number of nitrogens with zero attached hydrogens (tertiary/aromatic N) is 1. The van der Waals surface area contributed by atoms with E-state index in [0.29, 0.717) is 18.4 Å². The lowest BCUT2D eigenvalue weighted by molar-refractivity contribution is 0.0118. The Hall–Kier alpha value is -1.08. The molecule has 0 saturated heterocycles. The molecule has 0 spiro atoms. The van der Waals surface area contributed by atoms with Crippen molar-refractivity contribution in [2.75, 3.05) is 7.11 Å². The summed E-state index contributed by atoms with van der Waals surface area (Å²) >= 11 is 2.22. The fourth-order valence-corrected chi connectivity index (χ4v) is 4.15. The van der Waals surface area contributed by atoms with Gasteiger partial charge < -0.3 is 4.74 Å². The van der Waals surface area contributed by atoms with Gasteiger partial charge in [0, 0.05) is 18.1 Å². The van der Waals surface area contributed by atoms with Crippen molar-refractivity contribution in [3.8, 4) is 0 Å². The topological polar surface area (TPSA) is 39.2 Å². The Kier molecular flexibility index (Phi) is 5.20. The van der Waals surface area contributed by atoms with Crippen LogP contribution >= 0.6 is 22.6 Å². The minimum Gasteiger partial charge on any atom is -0.381 e. The van der Waals surface area contributed by atoms with E-state index in [2.05, 4.69) is 34.5 Å². The summed E-state index contributed by atoms with van der Waals surface area (Å²) in [5.74, 6) is -0.407. The van der Waals surface area contributed by atoms with E-state index in [9.17, 15) is 4.79 Å². The Morgan fingerprint density at radius 3 is 2.71 bits per heavy atom. The number of hydrogen-bond donors (Lipinski definition) is 0. The van der Waals surface area contributed by atoms with E-state index in [4.69, 9.17) is 4.74 Å². The molecule has 3 nitrogen and oxygen atoms in total. The molecule has 0 amide bonds. The van der Waals surface area contributed by atoms with Crippen molar-refractivity contribution in [1.29, 1.82) is 0 Å². The number of ether oxygens (including phenoxy) is 1. The van der Waals surface area contributed by atoms with Gasteiger partial charge in [-0.05, 0) is 84.5 Å². The molecule has 24 heavy (non-hydrogen) atoms. The predicted octanol–water partition coefficient (Wildman–Crippen LogP) is 4.88. The summed E-state index contributed by atoms with van der Waals surface area (Å²) in [5, 5.41) is 0.896. The first-order chi connectivity index (χ1) is 11.5. The van der Waals surface area contributed by atoms with Crippen LogP contribution in [0.4, 0.5) is 4.39 Å². The highest BCUT2D eigenvalue weighted by atomic mass is 127. The third-order valence-electron chi connectivity index (χ3n) is 4.95. The number of carbonyl (C=O) groups is 1. The Bertz CT molecular complexity index is 769. The second-order valence-corrected chi connectivity index (χ2v) is 7.45. The number of aromatic nitrogens is 1. The first-order valence-electron chi connectivity index (χ1n) is 8.32. The maximum absolute atomic E-state index is 15.1. The molecule has 1 aromatic heterocycles. The Balaban J connectivity index is 1.91. The Labute approximate surface area is 155 Å². The van der Waals surface area contributed by atoms with Crippen LogP contribution in [-0.2, 0) is 11.2 Å². The number of Topliss-reactive ketones (excluding diaryl/α,β-unsaturated/α-hetero) is 1. The summed E-state index contributed by atoms with van der Waals surface area (Å²) in [5.41, 5.74) is 0.644. The minimum absolute atomic E-state index is 0.0664. The molecule has 0 aliphatic heterocycles. The zero-order valence-electron chi connectivity index (χ0n) is 13.9. The molecule has 2 aromatic rings. The summed E-state index contributed by atoms with van der Waals surface area (Å²) in [6.07, 6.45) is 2.58. The standard InChI is InChI=1S/C19H21FINO2/c1-3-12-10-14-11-13(4-5-16(14)22-18(12)21)17(23)19(20)8-6-15(24-2)7-9-19/h4-5,10-11,15H,3,6-9H2,1-2H3. The van der Waals surface area contributed by atoms with Gasteiger partial charge in [0.15, 0.2) is 11.5 Å². The molecular weight excluding hydrogens is 420 g/mol. The minimum atomic E-state index is -1.77. The molecule has 0 bridgehead atoms.